The number of rotatable bonds is 7. The Morgan fingerprint density at radius 3 is 2.12 bits per heavy atom. The largest absolute Gasteiger partial charge is 0.495 e. The van der Waals surface area contributed by atoms with Gasteiger partial charge in [0.05, 0.1) is 26.0 Å². The van der Waals surface area contributed by atoms with Gasteiger partial charge in [-0.3, -0.25) is 9.59 Å². The van der Waals surface area contributed by atoms with Crippen LogP contribution in [0.15, 0.2) is 36.4 Å². The number of carbonyl (C=O) groups is 2. The highest BCUT2D eigenvalue weighted by molar-refractivity contribution is 6.06. The molecule has 0 radical (unpaired) electrons. The summed E-state index contributed by atoms with van der Waals surface area (Å²) in [6.07, 6.45) is -0.0237. The third-order valence-corrected chi connectivity index (χ3v) is 3.52. The Kier molecular flexibility index (Phi) is 6.06. The van der Waals surface area contributed by atoms with Crippen molar-refractivity contribution in [2.45, 2.75) is 20.0 Å². The molecular formula is C19H22N2O5. The Labute approximate surface area is 152 Å². The Hall–Kier alpha value is -3.22. The summed E-state index contributed by atoms with van der Waals surface area (Å²) in [5.74, 6) is 0.422. The van der Waals surface area contributed by atoms with Gasteiger partial charge in [0.15, 0.2) is 11.5 Å². The summed E-state index contributed by atoms with van der Waals surface area (Å²) in [7, 11) is 2.97. The Morgan fingerprint density at radius 1 is 0.923 bits per heavy atom. The van der Waals surface area contributed by atoms with Crippen molar-refractivity contribution in [3.8, 4) is 17.2 Å². The summed E-state index contributed by atoms with van der Waals surface area (Å²) in [4.78, 5) is 23.9. The van der Waals surface area contributed by atoms with Crippen molar-refractivity contribution in [1.29, 1.82) is 0 Å². The molecule has 0 unspecified atom stereocenters. The van der Waals surface area contributed by atoms with Crippen LogP contribution in [-0.2, 0) is 0 Å². The van der Waals surface area contributed by atoms with E-state index in [9.17, 15) is 9.59 Å². The molecule has 0 aliphatic rings. The topological polar surface area (TPSA) is 99.9 Å². The third-order valence-electron chi connectivity index (χ3n) is 3.52. The lowest BCUT2D eigenvalue weighted by Crippen LogP contribution is -2.15. The second-order valence-electron chi connectivity index (χ2n) is 5.77. The van der Waals surface area contributed by atoms with Crippen molar-refractivity contribution in [1.82, 2.24) is 0 Å². The molecule has 0 aliphatic carbocycles. The zero-order chi connectivity index (χ0) is 19.3. The van der Waals surface area contributed by atoms with E-state index in [1.165, 1.54) is 26.4 Å². The van der Waals surface area contributed by atoms with E-state index in [0.29, 0.717) is 28.5 Å². The predicted octanol–water partition coefficient (Wildman–Crippen LogP) is 2.84. The minimum absolute atomic E-state index is 0.0237. The highest BCUT2D eigenvalue weighted by atomic mass is 16.5. The molecule has 2 aromatic rings. The molecule has 0 aliphatic heterocycles. The molecule has 7 nitrogen and oxygen atoms in total. The number of nitrogens with one attached hydrogen (secondary N) is 1. The quantitative estimate of drug-likeness (QED) is 0.793. The zero-order valence-corrected chi connectivity index (χ0v) is 15.2. The summed E-state index contributed by atoms with van der Waals surface area (Å²) < 4.78 is 16.1. The van der Waals surface area contributed by atoms with Gasteiger partial charge in [0.2, 0.25) is 5.91 Å². The number of hydrogen-bond donors (Lipinski definition) is 2. The van der Waals surface area contributed by atoms with Crippen LogP contribution in [0.25, 0.3) is 0 Å². The molecule has 26 heavy (non-hydrogen) atoms. The summed E-state index contributed by atoms with van der Waals surface area (Å²) in [6, 6.07) is 9.43. The second kappa shape index (κ2) is 8.24. The molecule has 0 saturated heterocycles. The van der Waals surface area contributed by atoms with Crippen molar-refractivity contribution in [2.24, 2.45) is 5.73 Å². The monoisotopic (exact) mass is 358 g/mol. The van der Waals surface area contributed by atoms with Crippen molar-refractivity contribution < 1.29 is 23.8 Å². The van der Waals surface area contributed by atoms with Crippen LogP contribution in [0.5, 0.6) is 17.2 Å². The SMILES string of the molecule is COc1ccc(C(N)=O)cc1NC(=O)c1ccc(OC(C)C)c(OC)c1. The van der Waals surface area contributed by atoms with Gasteiger partial charge in [-0.25, -0.2) is 0 Å². The molecule has 3 N–H and O–H groups in total. The average molecular weight is 358 g/mol. The number of methoxy groups -OCH3 is 2. The van der Waals surface area contributed by atoms with Gasteiger partial charge in [-0.05, 0) is 50.2 Å². The van der Waals surface area contributed by atoms with Crippen LogP contribution in [0.3, 0.4) is 0 Å². The van der Waals surface area contributed by atoms with Gasteiger partial charge in [0, 0.05) is 11.1 Å². The fourth-order valence-electron chi connectivity index (χ4n) is 2.31. The van der Waals surface area contributed by atoms with Crippen LogP contribution in [0.2, 0.25) is 0 Å². The smallest absolute Gasteiger partial charge is 0.255 e. The van der Waals surface area contributed by atoms with Gasteiger partial charge in [0.1, 0.15) is 5.75 Å². The number of anilines is 1. The molecule has 0 atom stereocenters. The molecule has 2 aromatic carbocycles. The molecule has 0 bridgehead atoms. The van der Waals surface area contributed by atoms with Crippen molar-refractivity contribution in [3.05, 3.63) is 47.5 Å². The molecule has 0 spiro atoms. The standard InChI is InChI=1S/C19H22N2O5/c1-11(2)26-16-8-6-13(10-17(16)25-4)19(23)21-14-9-12(18(20)22)5-7-15(14)24-3/h5-11H,1-4H3,(H2,20,22)(H,21,23). The Bertz CT molecular complexity index is 818. The van der Waals surface area contributed by atoms with Gasteiger partial charge in [-0.2, -0.15) is 0 Å². The van der Waals surface area contributed by atoms with E-state index in [4.69, 9.17) is 19.9 Å². The zero-order valence-electron chi connectivity index (χ0n) is 15.2. The lowest BCUT2D eigenvalue weighted by Gasteiger charge is -2.15. The predicted molar refractivity (Wildman–Crippen MR) is 98.2 cm³/mol. The molecular weight excluding hydrogens is 336 g/mol. The molecule has 0 fully saturated rings. The maximum Gasteiger partial charge on any atom is 0.255 e. The fourth-order valence-corrected chi connectivity index (χ4v) is 2.31. The first kappa shape index (κ1) is 19.1. The summed E-state index contributed by atoms with van der Waals surface area (Å²) >= 11 is 0. The number of ether oxygens (including phenoxy) is 3. The number of amides is 2. The van der Waals surface area contributed by atoms with Gasteiger partial charge in [-0.1, -0.05) is 0 Å². The average Bonchev–Trinajstić information content (AvgIpc) is 2.61. The van der Waals surface area contributed by atoms with Crippen molar-refractivity contribution >= 4 is 17.5 Å². The minimum Gasteiger partial charge on any atom is -0.495 e. The molecule has 138 valence electrons. The van der Waals surface area contributed by atoms with E-state index in [1.54, 1.807) is 24.3 Å². The molecule has 0 heterocycles. The van der Waals surface area contributed by atoms with Crippen molar-refractivity contribution in [3.63, 3.8) is 0 Å². The number of hydrogen-bond acceptors (Lipinski definition) is 5. The lowest BCUT2D eigenvalue weighted by atomic mass is 10.1. The normalized spacial score (nSPS) is 10.3. The van der Waals surface area contributed by atoms with Gasteiger partial charge in [-0.15, -0.1) is 0 Å². The van der Waals surface area contributed by atoms with Crippen LogP contribution in [0, 0.1) is 0 Å². The molecule has 2 amide bonds. The molecule has 0 aromatic heterocycles. The maximum atomic E-state index is 12.6. The number of primary amides is 1. The summed E-state index contributed by atoms with van der Waals surface area (Å²) in [5.41, 5.74) is 6.26. The van der Waals surface area contributed by atoms with E-state index in [1.807, 2.05) is 13.8 Å². The van der Waals surface area contributed by atoms with Gasteiger partial charge in [0.25, 0.3) is 5.91 Å². The van der Waals surface area contributed by atoms with Crippen molar-refractivity contribution in [2.75, 3.05) is 19.5 Å². The van der Waals surface area contributed by atoms with Crippen LogP contribution in [0.4, 0.5) is 5.69 Å². The summed E-state index contributed by atoms with van der Waals surface area (Å²) in [6.45, 7) is 3.80. The Morgan fingerprint density at radius 2 is 1.54 bits per heavy atom. The van der Waals surface area contributed by atoms with Gasteiger partial charge >= 0.3 is 0 Å². The number of nitrogens with two attached hydrogens (primary N) is 1. The first-order valence-electron chi connectivity index (χ1n) is 7.99. The first-order valence-corrected chi connectivity index (χ1v) is 7.99. The number of benzene rings is 2. The molecule has 2 rings (SSSR count). The van der Waals surface area contributed by atoms with E-state index in [2.05, 4.69) is 5.32 Å². The van der Waals surface area contributed by atoms with Crippen LogP contribution in [0.1, 0.15) is 34.6 Å². The van der Waals surface area contributed by atoms with E-state index in [0.717, 1.165) is 0 Å². The molecule has 0 saturated carbocycles. The van der Waals surface area contributed by atoms with E-state index in [-0.39, 0.29) is 17.6 Å². The lowest BCUT2D eigenvalue weighted by molar-refractivity contribution is 0.0996. The van der Waals surface area contributed by atoms with Crippen LogP contribution < -0.4 is 25.3 Å². The highest BCUT2D eigenvalue weighted by Crippen LogP contribution is 2.30. The third kappa shape index (κ3) is 4.44. The fraction of sp³-hybridized carbons (Fsp3) is 0.263. The first-order chi connectivity index (χ1) is 12.3. The summed E-state index contributed by atoms with van der Waals surface area (Å²) in [5, 5.41) is 2.72. The second-order valence-corrected chi connectivity index (χ2v) is 5.77. The molecule has 7 heteroatoms. The van der Waals surface area contributed by atoms with E-state index >= 15 is 0 Å². The number of carbonyl (C=O) groups excluding carboxylic acids is 2. The minimum atomic E-state index is -0.597. The van der Waals surface area contributed by atoms with Crippen LogP contribution in [-0.4, -0.2) is 32.1 Å². The van der Waals surface area contributed by atoms with Gasteiger partial charge < -0.3 is 25.3 Å². The highest BCUT2D eigenvalue weighted by Gasteiger charge is 2.15. The van der Waals surface area contributed by atoms with Crippen LogP contribution >= 0.6 is 0 Å². The maximum absolute atomic E-state index is 12.6. The van der Waals surface area contributed by atoms with E-state index < -0.39 is 5.91 Å². The Balaban J connectivity index is 2.30.